The fourth-order valence-corrected chi connectivity index (χ4v) is 3.31. The Morgan fingerprint density at radius 3 is 2.55 bits per heavy atom. The number of thiazole rings is 1. The molecule has 0 fully saturated rings. The Morgan fingerprint density at radius 2 is 2.00 bits per heavy atom. The summed E-state index contributed by atoms with van der Waals surface area (Å²) in [4.78, 5) is 4.37. The second-order valence-corrected chi connectivity index (χ2v) is 8.54. The third-order valence-corrected chi connectivity index (χ3v) is 5.34. The molecule has 20 heavy (non-hydrogen) atoms. The van der Waals surface area contributed by atoms with E-state index in [2.05, 4.69) is 21.8 Å². The van der Waals surface area contributed by atoms with Gasteiger partial charge in [-0.1, -0.05) is 30.3 Å². The summed E-state index contributed by atoms with van der Waals surface area (Å²) in [6.45, 7) is 5.91. The zero-order valence-electron chi connectivity index (χ0n) is 12.0. The summed E-state index contributed by atoms with van der Waals surface area (Å²) in [5.74, 6) is 0. The van der Waals surface area contributed by atoms with E-state index >= 15 is 0 Å². The summed E-state index contributed by atoms with van der Waals surface area (Å²) in [5.41, 5.74) is 1.21. The van der Waals surface area contributed by atoms with Gasteiger partial charge >= 0.3 is 0 Å². The Bertz CT molecular complexity index is 547. The predicted octanol–water partition coefficient (Wildman–Crippen LogP) is 3.48. The van der Waals surface area contributed by atoms with E-state index < -0.39 is 11.0 Å². The van der Waals surface area contributed by atoms with E-state index in [1.165, 1.54) is 5.56 Å². The molecule has 3 nitrogen and oxygen atoms in total. The average Bonchev–Trinajstić information content (AvgIpc) is 2.92. The summed E-state index contributed by atoms with van der Waals surface area (Å²) in [5, 5.41) is 2.93. The summed E-state index contributed by atoms with van der Waals surface area (Å²) >= 11 is 1.59. The lowest BCUT2D eigenvalue weighted by atomic mass is 10.1. The normalized spacial score (nSPS) is 14.9. The van der Waals surface area contributed by atoms with Crippen molar-refractivity contribution in [3.63, 3.8) is 0 Å². The SMILES string of the molecule is CC(C)(C)S(=O)N[C@@H](Cc1ccccc1)c1nccs1. The highest BCUT2D eigenvalue weighted by Gasteiger charge is 2.24. The van der Waals surface area contributed by atoms with E-state index in [4.69, 9.17) is 0 Å². The van der Waals surface area contributed by atoms with E-state index in [9.17, 15) is 4.21 Å². The van der Waals surface area contributed by atoms with Gasteiger partial charge in [-0.15, -0.1) is 11.3 Å². The van der Waals surface area contributed by atoms with Crippen molar-refractivity contribution in [1.82, 2.24) is 9.71 Å². The van der Waals surface area contributed by atoms with Crippen LogP contribution in [0.25, 0.3) is 0 Å². The van der Waals surface area contributed by atoms with Crippen molar-refractivity contribution in [3.8, 4) is 0 Å². The molecule has 0 amide bonds. The molecule has 1 heterocycles. The Hall–Kier alpha value is -1.04. The van der Waals surface area contributed by atoms with Gasteiger partial charge in [-0.05, 0) is 32.8 Å². The highest BCUT2D eigenvalue weighted by molar-refractivity contribution is 7.84. The molecular formula is C15H20N2OS2. The minimum Gasteiger partial charge on any atom is -0.248 e. The molecule has 108 valence electrons. The second kappa shape index (κ2) is 6.61. The molecule has 0 aliphatic rings. The first-order chi connectivity index (χ1) is 9.47. The predicted molar refractivity (Wildman–Crippen MR) is 86.0 cm³/mol. The number of aromatic nitrogens is 1. The van der Waals surface area contributed by atoms with Crippen molar-refractivity contribution in [3.05, 3.63) is 52.5 Å². The number of rotatable bonds is 5. The highest BCUT2D eigenvalue weighted by atomic mass is 32.2. The molecule has 0 spiro atoms. The maximum atomic E-state index is 12.3. The molecule has 0 radical (unpaired) electrons. The van der Waals surface area contributed by atoms with Crippen LogP contribution in [0.15, 0.2) is 41.9 Å². The minimum absolute atomic E-state index is 0.0162. The second-order valence-electron chi connectivity index (χ2n) is 5.61. The van der Waals surface area contributed by atoms with Crippen LogP contribution in [0.5, 0.6) is 0 Å². The van der Waals surface area contributed by atoms with Crippen LogP contribution < -0.4 is 4.72 Å². The van der Waals surface area contributed by atoms with Crippen LogP contribution >= 0.6 is 11.3 Å². The third kappa shape index (κ3) is 4.23. The van der Waals surface area contributed by atoms with Gasteiger partial charge in [0.25, 0.3) is 0 Å². The van der Waals surface area contributed by atoms with Gasteiger partial charge in [0.15, 0.2) is 0 Å². The lowest BCUT2D eigenvalue weighted by molar-refractivity contribution is 0.595. The summed E-state index contributed by atoms with van der Waals surface area (Å²) in [6, 6.07) is 10.2. The fourth-order valence-electron chi connectivity index (χ4n) is 1.74. The van der Waals surface area contributed by atoms with Crippen molar-refractivity contribution in [2.24, 2.45) is 0 Å². The van der Waals surface area contributed by atoms with Crippen LogP contribution in [0.2, 0.25) is 0 Å². The van der Waals surface area contributed by atoms with Crippen LogP contribution in [-0.2, 0) is 17.4 Å². The molecule has 5 heteroatoms. The van der Waals surface area contributed by atoms with E-state index in [0.29, 0.717) is 0 Å². The van der Waals surface area contributed by atoms with Crippen LogP contribution in [0, 0.1) is 0 Å². The zero-order chi connectivity index (χ0) is 14.6. The molecule has 1 N–H and O–H groups in total. The topological polar surface area (TPSA) is 42.0 Å². The maximum absolute atomic E-state index is 12.3. The first-order valence-corrected chi connectivity index (χ1v) is 8.61. The summed E-state index contributed by atoms with van der Waals surface area (Å²) in [7, 11) is -1.11. The van der Waals surface area contributed by atoms with Crippen LogP contribution in [0.3, 0.4) is 0 Å². The van der Waals surface area contributed by atoms with Crippen molar-refractivity contribution in [1.29, 1.82) is 0 Å². The molecule has 1 aromatic carbocycles. The van der Waals surface area contributed by atoms with Gasteiger partial charge in [-0.25, -0.2) is 13.9 Å². The first kappa shape index (κ1) is 15.4. The Balaban J connectivity index is 2.16. The number of nitrogens with zero attached hydrogens (tertiary/aromatic N) is 1. The van der Waals surface area contributed by atoms with Gasteiger partial charge in [-0.2, -0.15) is 0 Å². The molecule has 2 rings (SSSR count). The van der Waals surface area contributed by atoms with Crippen molar-refractivity contribution in [2.75, 3.05) is 0 Å². The Kier molecular flexibility index (Phi) is 5.07. The lowest BCUT2D eigenvalue weighted by Crippen LogP contribution is -2.36. The molecule has 0 aliphatic carbocycles. The Labute approximate surface area is 127 Å². The van der Waals surface area contributed by atoms with Crippen molar-refractivity contribution >= 4 is 22.3 Å². The molecule has 2 aromatic rings. The van der Waals surface area contributed by atoms with Gasteiger partial charge in [0, 0.05) is 11.6 Å². The van der Waals surface area contributed by atoms with E-state index in [1.807, 2.05) is 44.4 Å². The molecule has 1 aromatic heterocycles. The van der Waals surface area contributed by atoms with Crippen molar-refractivity contribution in [2.45, 2.75) is 38.0 Å². The average molecular weight is 308 g/mol. The number of hydrogen-bond acceptors (Lipinski definition) is 3. The smallest absolute Gasteiger partial charge is 0.111 e. The van der Waals surface area contributed by atoms with Gasteiger partial charge in [0.05, 0.1) is 21.8 Å². The van der Waals surface area contributed by atoms with Gasteiger partial charge in [-0.3, -0.25) is 0 Å². The first-order valence-electron chi connectivity index (χ1n) is 6.58. The minimum atomic E-state index is -1.11. The molecule has 0 saturated heterocycles. The molecule has 0 bridgehead atoms. The van der Waals surface area contributed by atoms with Gasteiger partial charge in [0.2, 0.25) is 0 Å². The zero-order valence-corrected chi connectivity index (χ0v) is 13.6. The quantitative estimate of drug-likeness (QED) is 0.919. The fraction of sp³-hybridized carbons (Fsp3) is 0.400. The van der Waals surface area contributed by atoms with Crippen LogP contribution in [-0.4, -0.2) is 13.9 Å². The van der Waals surface area contributed by atoms with Crippen molar-refractivity contribution < 1.29 is 4.21 Å². The number of hydrogen-bond donors (Lipinski definition) is 1. The van der Waals surface area contributed by atoms with E-state index in [1.54, 1.807) is 17.5 Å². The highest BCUT2D eigenvalue weighted by Crippen LogP contribution is 2.23. The largest absolute Gasteiger partial charge is 0.248 e. The summed E-state index contributed by atoms with van der Waals surface area (Å²) < 4.78 is 15.3. The summed E-state index contributed by atoms with van der Waals surface area (Å²) in [6.07, 6.45) is 2.58. The van der Waals surface area contributed by atoms with Crippen LogP contribution in [0.1, 0.15) is 37.4 Å². The third-order valence-electron chi connectivity index (χ3n) is 2.84. The number of nitrogens with one attached hydrogen (secondary N) is 1. The molecular weight excluding hydrogens is 288 g/mol. The molecule has 2 atom stereocenters. The van der Waals surface area contributed by atoms with Gasteiger partial charge in [0.1, 0.15) is 5.01 Å². The molecule has 0 saturated carbocycles. The molecule has 1 unspecified atom stereocenters. The Morgan fingerprint density at radius 1 is 1.30 bits per heavy atom. The van der Waals surface area contributed by atoms with E-state index in [0.717, 1.165) is 11.4 Å². The lowest BCUT2D eigenvalue weighted by Gasteiger charge is -2.23. The van der Waals surface area contributed by atoms with E-state index in [-0.39, 0.29) is 10.8 Å². The van der Waals surface area contributed by atoms with Gasteiger partial charge < -0.3 is 0 Å². The molecule has 0 aliphatic heterocycles. The van der Waals surface area contributed by atoms with Crippen LogP contribution in [0.4, 0.5) is 0 Å². The monoisotopic (exact) mass is 308 g/mol. The maximum Gasteiger partial charge on any atom is 0.111 e. The standard InChI is InChI=1S/C15H20N2OS2/c1-15(2,3)20(18)17-13(14-16-9-10-19-14)11-12-7-5-4-6-8-12/h4-10,13,17H,11H2,1-3H3/t13-,20?/m0/s1. The number of benzene rings is 1.